The highest BCUT2D eigenvalue weighted by Gasteiger charge is 1.95. The molecule has 2 heterocycles. The van der Waals surface area contributed by atoms with E-state index in [1.807, 2.05) is 0 Å². The van der Waals surface area contributed by atoms with Crippen molar-refractivity contribution in [2.24, 2.45) is 0 Å². The highest BCUT2D eigenvalue weighted by Crippen LogP contribution is 2.02. The normalized spacial score (nSPS) is 18.9. The summed E-state index contributed by atoms with van der Waals surface area (Å²) in [5, 5.41) is 0. The van der Waals surface area contributed by atoms with E-state index in [1.54, 1.807) is 0 Å². The molecule has 2 rings (SSSR count). The van der Waals surface area contributed by atoms with Crippen LogP contribution >= 0.6 is 0 Å². The van der Waals surface area contributed by atoms with Gasteiger partial charge in [-0.2, -0.15) is 0 Å². The van der Waals surface area contributed by atoms with E-state index in [4.69, 9.17) is 9.47 Å². The predicted octanol–water partition coefficient (Wildman–Crippen LogP) is 3.72. The third-order valence-electron chi connectivity index (χ3n) is 3.50. The molecule has 0 aliphatic carbocycles. The summed E-state index contributed by atoms with van der Waals surface area (Å²) in [4.78, 5) is 2.38. The largest absolute Gasteiger partial charge is 0.381 e. The highest BCUT2D eigenvalue weighted by molar-refractivity contribution is 4.46. The number of hydrogen-bond donors (Lipinski definition) is 0. The van der Waals surface area contributed by atoms with Crippen LogP contribution in [0.3, 0.4) is 0 Å². The first kappa shape index (κ1) is 18.9. The van der Waals surface area contributed by atoms with Crippen molar-refractivity contribution < 1.29 is 9.47 Å². The topological polar surface area (TPSA) is 21.7 Å². The molecule has 0 radical (unpaired) electrons. The van der Waals surface area contributed by atoms with Crippen molar-refractivity contribution in [3.8, 4) is 0 Å². The summed E-state index contributed by atoms with van der Waals surface area (Å²) < 4.78 is 10.1. The minimum atomic E-state index is 1.00. The summed E-state index contributed by atoms with van der Waals surface area (Å²) in [5.74, 6) is 0. The van der Waals surface area contributed by atoms with Crippen LogP contribution in [-0.4, -0.2) is 51.0 Å². The minimum absolute atomic E-state index is 1.00. The molecule has 0 spiro atoms. The highest BCUT2D eigenvalue weighted by atomic mass is 16.5. The lowest BCUT2D eigenvalue weighted by Crippen LogP contribution is -2.21. The minimum Gasteiger partial charge on any atom is -0.381 e. The maximum absolute atomic E-state index is 5.07. The second kappa shape index (κ2) is 15.9. The van der Waals surface area contributed by atoms with Crippen LogP contribution in [0, 0.1) is 0 Å². The van der Waals surface area contributed by atoms with E-state index in [0.717, 1.165) is 26.4 Å². The van der Waals surface area contributed by atoms with Crippen LogP contribution in [0.4, 0.5) is 0 Å². The second-order valence-corrected chi connectivity index (χ2v) is 4.97. The van der Waals surface area contributed by atoms with Gasteiger partial charge in [-0.05, 0) is 58.2 Å². The second-order valence-electron chi connectivity index (χ2n) is 4.97. The zero-order chi connectivity index (χ0) is 14.2. The van der Waals surface area contributed by atoms with Gasteiger partial charge in [-0.1, -0.05) is 20.8 Å². The summed E-state index contributed by atoms with van der Waals surface area (Å²) in [6.07, 6.45) is 7.86. The van der Waals surface area contributed by atoms with Crippen LogP contribution < -0.4 is 0 Å². The Labute approximate surface area is 120 Å². The molecule has 2 fully saturated rings. The smallest absolute Gasteiger partial charge is 0.0466 e. The van der Waals surface area contributed by atoms with Gasteiger partial charge in [-0.15, -0.1) is 0 Å². The van der Waals surface area contributed by atoms with Crippen molar-refractivity contribution in [3.63, 3.8) is 0 Å². The Hall–Kier alpha value is -0.120. The summed E-state index contributed by atoms with van der Waals surface area (Å²) >= 11 is 0. The fourth-order valence-electron chi connectivity index (χ4n) is 2.04. The van der Waals surface area contributed by atoms with Gasteiger partial charge in [0.15, 0.2) is 0 Å². The molecule has 19 heavy (non-hydrogen) atoms. The van der Waals surface area contributed by atoms with Crippen LogP contribution in [0.5, 0.6) is 0 Å². The van der Waals surface area contributed by atoms with Crippen LogP contribution in [0.15, 0.2) is 0 Å². The quantitative estimate of drug-likeness (QED) is 0.782. The SMILES string of the molecule is C1CCOCC1.C1CCOCC1.CCN(CC)CC. The third-order valence-corrected chi connectivity index (χ3v) is 3.50. The van der Waals surface area contributed by atoms with E-state index in [-0.39, 0.29) is 0 Å². The predicted molar refractivity (Wildman–Crippen MR) is 82.8 cm³/mol. The number of nitrogens with zero attached hydrogens (tertiary/aromatic N) is 1. The molecule has 0 atom stereocenters. The third kappa shape index (κ3) is 14.1. The molecular weight excluding hydrogens is 238 g/mol. The van der Waals surface area contributed by atoms with E-state index in [2.05, 4.69) is 25.7 Å². The fraction of sp³-hybridized carbons (Fsp3) is 1.00. The summed E-state index contributed by atoms with van der Waals surface area (Å²) in [7, 11) is 0. The number of hydrogen-bond acceptors (Lipinski definition) is 3. The Balaban J connectivity index is 0.000000256. The van der Waals surface area contributed by atoms with Crippen LogP contribution in [-0.2, 0) is 9.47 Å². The molecule has 0 unspecified atom stereocenters. The van der Waals surface area contributed by atoms with Gasteiger partial charge >= 0.3 is 0 Å². The molecule has 2 aliphatic rings. The molecule has 0 aromatic heterocycles. The first-order valence-corrected chi connectivity index (χ1v) is 8.22. The summed E-state index contributed by atoms with van der Waals surface area (Å²) in [6.45, 7) is 14.1. The maximum atomic E-state index is 5.07. The Bertz CT molecular complexity index is 112. The van der Waals surface area contributed by atoms with Gasteiger partial charge in [0.05, 0.1) is 0 Å². The lowest BCUT2D eigenvalue weighted by molar-refractivity contribution is 0.0967. The van der Waals surface area contributed by atoms with Crippen LogP contribution in [0.1, 0.15) is 59.3 Å². The molecule has 2 aliphatic heterocycles. The van der Waals surface area contributed by atoms with Crippen LogP contribution in [0.25, 0.3) is 0 Å². The van der Waals surface area contributed by atoms with Crippen molar-refractivity contribution in [1.29, 1.82) is 0 Å². The molecule has 116 valence electrons. The van der Waals surface area contributed by atoms with E-state index in [1.165, 1.54) is 58.2 Å². The van der Waals surface area contributed by atoms with E-state index in [9.17, 15) is 0 Å². The summed E-state index contributed by atoms with van der Waals surface area (Å²) in [5.41, 5.74) is 0. The van der Waals surface area contributed by atoms with E-state index in [0.29, 0.717) is 0 Å². The molecule has 0 aromatic carbocycles. The molecule has 3 nitrogen and oxygen atoms in total. The van der Waals surface area contributed by atoms with E-state index < -0.39 is 0 Å². The van der Waals surface area contributed by atoms with Crippen molar-refractivity contribution in [2.75, 3.05) is 46.1 Å². The molecule has 0 aromatic rings. The molecule has 0 saturated carbocycles. The summed E-state index contributed by atoms with van der Waals surface area (Å²) in [6, 6.07) is 0. The lowest BCUT2D eigenvalue weighted by Gasteiger charge is -2.13. The van der Waals surface area contributed by atoms with Gasteiger partial charge in [-0.3, -0.25) is 0 Å². The molecule has 0 bridgehead atoms. The van der Waals surface area contributed by atoms with Gasteiger partial charge in [0, 0.05) is 26.4 Å². The van der Waals surface area contributed by atoms with Gasteiger partial charge in [0.1, 0.15) is 0 Å². The van der Waals surface area contributed by atoms with Gasteiger partial charge in [0.25, 0.3) is 0 Å². The maximum Gasteiger partial charge on any atom is 0.0466 e. The van der Waals surface area contributed by atoms with Crippen molar-refractivity contribution in [1.82, 2.24) is 4.90 Å². The fourth-order valence-corrected chi connectivity index (χ4v) is 2.04. The first-order chi connectivity index (χ1) is 9.35. The zero-order valence-electron chi connectivity index (χ0n) is 13.5. The number of ether oxygens (including phenoxy) is 2. The lowest BCUT2D eigenvalue weighted by atomic mass is 10.2. The average Bonchev–Trinajstić information content (AvgIpc) is 2.54. The van der Waals surface area contributed by atoms with E-state index >= 15 is 0 Å². The monoisotopic (exact) mass is 273 g/mol. The molecule has 0 N–H and O–H groups in total. The van der Waals surface area contributed by atoms with Crippen molar-refractivity contribution >= 4 is 0 Å². The Morgan fingerprint density at radius 2 is 0.895 bits per heavy atom. The average molecular weight is 273 g/mol. The standard InChI is InChI=1S/C6H15N.2C5H10O/c1-4-7(5-2)6-3;2*1-2-4-6-5-3-1/h4-6H2,1-3H3;2*1-5H2. The molecular formula is C16H35NO2. The Morgan fingerprint density at radius 3 is 0.947 bits per heavy atom. The molecule has 3 heteroatoms. The Morgan fingerprint density at radius 1 is 0.579 bits per heavy atom. The van der Waals surface area contributed by atoms with Gasteiger partial charge in [0.2, 0.25) is 0 Å². The zero-order valence-corrected chi connectivity index (χ0v) is 13.5. The van der Waals surface area contributed by atoms with Crippen molar-refractivity contribution in [2.45, 2.75) is 59.3 Å². The van der Waals surface area contributed by atoms with Crippen molar-refractivity contribution in [3.05, 3.63) is 0 Å². The first-order valence-electron chi connectivity index (χ1n) is 8.22. The van der Waals surface area contributed by atoms with Gasteiger partial charge in [-0.25, -0.2) is 0 Å². The number of rotatable bonds is 3. The van der Waals surface area contributed by atoms with Crippen LogP contribution in [0.2, 0.25) is 0 Å². The molecule has 0 amide bonds. The molecule has 2 saturated heterocycles. The Kier molecular flexibility index (Phi) is 15.8. The van der Waals surface area contributed by atoms with Gasteiger partial charge < -0.3 is 14.4 Å².